The van der Waals surface area contributed by atoms with E-state index in [1.54, 1.807) is 14.2 Å². The maximum atomic E-state index is 5.83. The third-order valence-electron chi connectivity index (χ3n) is 5.17. The summed E-state index contributed by atoms with van der Waals surface area (Å²) in [5.74, 6) is 1.35. The molecule has 0 bridgehead atoms. The van der Waals surface area contributed by atoms with Gasteiger partial charge in [0.2, 0.25) is 0 Å². The number of nitrogens with one attached hydrogen (secondary N) is 1. The Labute approximate surface area is 179 Å². The van der Waals surface area contributed by atoms with Crippen molar-refractivity contribution in [3.05, 3.63) is 58.7 Å². The zero-order valence-electron chi connectivity index (χ0n) is 18.9. The first-order valence-electron chi connectivity index (χ1n) is 10.1. The number of benzene rings is 2. The molecule has 3 rings (SSSR count). The van der Waals surface area contributed by atoms with E-state index < -0.39 is 0 Å². The summed E-state index contributed by atoms with van der Waals surface area (Å²) in [5, 5.41) is 3.67. The molecular weight excluding hydrogens is 378 g/mol. The van der Waals surface area contributed by atoms with E-state index in [9.17, 15) is 0 Å². The Bertz CT molecular complexity index is 959. The zero-order valence-corrected chi connectivity index (χ0v) is 18.9. The molecule has 0 saturated carbocycles. The first-order valence-corrected chi connectivity index (χ1v) is 10.1. The molecule has 2 aromatic rings. The second-order valence-electron chi connectivity index (χ2n) is 7.42. The highest BCUT2D eigenvalue weighted by atomic mass is 16.5. The molecule has 1 heterocycles. The van der Waals surface area contributed by atoms with Gasteiger partial charge in [0.25, 0.3) is 6.02 Å². The molecule has 6 nitrogen and oxygen atoms in total. The van der Waals surface area contributed by atoms with Crippen molar-refractivity contribution in [2.45, 2.75) is 33.9 Å². The van der Waals surface area contributed by atoms with Gasteiger partial charge in [-0.2, -0.15) is 4.99 Å². The van der Waals surface area contributed by atoms with Gasteiger partial charge in [-0.15, -0.1) is 0 Å². The number of aryl methyl sites for hydroxylation is 3. The minimum absolute atomic E-state index is 0.118. The average molecular weight is 410 g/mol. The molecule has 0 fully saturated rings. The number of nitrogens with zero attached hydrogens (tertiary/aromatic N) is 2. The first-order chi connectivity index (χ1) is 14.4. The molecule has 6 heteroatoms. The van der Waals surface area contributed by atoms with Gasteiger partial charge in [0.1, 0.15) is 6.17 Å². The second kappa shape index (κ2) is 9.11. The quantitative estimate of drug-likeness (QED) is 0.746. The maximum absolute atomic E-state index is 5.83. The Morgan fingerprint density at radius 3 is 2.27 bits per heavy atom. The highest BCUT2D eigenvalue weighted by Gasteiger charge is 2.25. The number of aliphatic imine (C=N–C) groups is 1. The van der Waals surface area contributed by atoms with Crippen LogP contribution < -0.4 is 14.8 Å². The van der Waals surface area contributed by atoms with Crippen molar-refractivity contribution in [2.75, 3.05) is 33.2 Å². The molecule has 0 aliphatic carbocycles. The van der Waals surface area contributed by atoms with Crippen molar-refractivity contribution in [1.29, 1.82) is 0 Å². The fraction of sp³-hybridized carbons (Fsp3) is 0.375. The van der Waals surface area contributed by atoms with E-state index in [0.29, 0.717) is 24.1 Å². The molecule has 1 N–H and O–H groups in total. The van der Waals surface area contributed by atoms with E-state index in [-0.39, 0.29) is 6.17 Å². The molecule has 0 spiro atoms. The lowest BCUT2D eigenvalue weighted by atomic mass is 10.0. The summed E-state index contributed by atoms with van der Waals surface area (Å²) in [4.78, 5) is 6.76. The van der Waals surface area contributed by atoms with Crippen LogP contribution in [0, 0.1) is 20.8 Å². The van der Waals surface area contributed by atoms with Gasteiger partial charge in [0, 0.05) is 18.3 Å². The highest BCUT2D eigenvalue weighted by molar-refractivity contribution is 5.86. The number of amidine groups is 1. The molecule has 0 amide bonds. The number of likely N-dealkylation sites (N-methyl/N-ethyl adjacent to an activating group) is 1. The molecule has 0 saturated heterocycles. The Morgan fingerprint density at radius 1 is 1.00 bits per heavy atom. The van der Waals surface area contributed by atoms with E-state index in [4.69, 9.17) is 19.2 Å². The number of rotatable bonds is 6. The van der Waals surface area contributed by atoms with Gasteiger partial charge in [0.05, 0.1) is 26.5 Å². The molecular formula is C24H31N3O3. The van der Waals surface area contributed by atoms with Gasteiger partial charge in [-0.3, -0.25) is 0 Å². The second-order valence-corrected chi connectivity index (χ2v) is 7.42. The summed E-state index contributed by atoms with van der Waals surface area (Å²) in [7, 11) is 5.24. The number of anilines is 1. The zero-order chi connectivity index (χ0) is 21.8. The highest BCUT2D eigenvalue weighted by Crippen LogP contribution is 2.33. The summed E-state index contributed by atoms with van der Waals surface area (Å²) < 4.78 is 16.7. The summed E-state index contributed by atoms with van der Waals surface area (Å²) in [5.41, 5.74) is 6.55. The fourth-order valence-electron chi connectivity index (χ4n) is 3.71. The van der Waals surface area contributed by atoms with Gasteiger partial charge in [-0.05, 0) is 63.1 Å². The smallest absolute Gasteiger partial charge is 0.294 e. The molecule has 0 radical (unpaired) electrons. The third-order valence-corrected chi connectivity index (χ3v) is 5.17. The summed E-state index contributed by atoms with van der Waals surface area (Å²) in [6.45, 7) is 8.87. The van der Waals surface area contributed by atoms with Crippen molar-refractivity contribution in [3.8, 4) is 11.5 Å². The normalized spacial score (nSPS) is 16.0. The minimum atomic E-state index is -0.118. The van der Waals surface area contributed by atoms with Crippen LogP contribution in [0.15, 0.2) is 41.4 Å². The van der Waals surface area contributed by atoms with Gasteiger partial charge >= 0.3 is 0 Å². The summed E-state index contributed by atoms with van der Waals surface area (Å²) in [6, 6.07) is 10.8. The molecule has 0 aromatic heterocycles. The maximum Gasteiger partial charge on any atom is 0.294 e. The van der Waals surface area contributed by atoms with Gasteiger partial charge in [-0.25, -0.2) is 0 Å². The van der Waals surface area contributed by atoms with Crippen LogP contribution in [0.2, 0.25) is 0 Å². The molecule has 1 aliphatic heterocycles. The van der Waals surface area contributed by atoms with Crippen molar-refractivity contribution in [2.24, 2.45) is 4.99 Å². The Morgan fingerprint density at radius 2 is 1.67 bits per heavy atom. The van der Waals surface area contributed by atoms with Crippen molar-refractivity contribution < 1.29 is 14.2 Å². The van der Waals surface area contributed by atoms with Crippen molar-refractivity contribution >= 4 is 17.4 Å². The van der Waals surface area contributed by atoms with E-state index in [2.05, 4.69) is 44.3 Å². The fourth-order valence-corrected chi connectivity index (χ4v) is 3.71. The number of methoxy groups -OCH3 is 2. The standard InChI is InChI=1S/C24H31N3O3/c1-8-30-24-25-19(18-9-10-20(28-6)21(13-18)29-7)14-22(27(24)5)26-23-16(3)11-15(2)12-17(23)4/h9-14,22,26H,8H2,1-7H3. The molecule has 1 aliphatic rings. The molecule has 1 atom stereocenters. The van der Waals surface area contributed by atoms with Crippen LogP contribution >= 0.6 is 0 Å². The Hall–Kier alpha value is -3.15. The molecule has 30 heavy (non-hydrogen) atoms. The minimum Gasteiger partial charge on any atom is -0.493 e. The lowest BCUT2D eigenvalue weighted by Crippen LogP contribution is -2.44. The van der Waals surface area contributed by atoms with E-state index >= 15 is 0 Å². The number of hydrogen-bond acceptors (Lipinski definition) is 6. The van der Waals surface area contributed by atoms with Crippen LogP contribution in [-0.2, 0) is 4.74 Å². The van der Waals surface area contributed by atoms with Crippen LogP contribution in [0.25, 0.3) is 5.70 Å². The van der Waals surface area contributed by atoms with Crippen LogP contribution in [-0.4, -0.2) is 45.0 Å². The van der Waals surface area contributed by atoms with Crippen LogP contribution in [0.4, 0.5) is 5.69 Å². The molecule has 160 valence electrons. The first kappa shape index (κ1) is 21.6. The SMILES string of the molecule is CCOC1=NC(c2ccc(OC)c(OC)c2)=CC(Nc2c(C)cc(C)cc2C)N1C. The summed E-state index contributed by atoms with van der Waals surface area (Å²) >= 11 is 0. The summed E-state index contributed by atoms with van der Waals surface area (Å²) in [6.07, 6.45) is 1.98. The van der Waals surface area contributed by atoms with Crippen LogP contribution in [0.5, 0.6) is 11.5 Å². The van der Waals surface area contributed by atoms with Gasteiger partial charge < -0.3 is 24.4 Å². The Balaban J connectivity index is 2.02. The topological polar surface area (TPSA) is 55.3 Å². The molecule has 2 aromatic carbocycles. The lowest BCUT2D eigenvalue weighted by molar-refractivity contribution is 0.249. The number of hydrogen-bond donors (Lipinski definition) is 1. The van der Waals surface area contributed by atoms with Crippen LogP contribution in [0.3, 0.4) is 0 Å². The van der Waals surface area contributed by atoms with E-state index in [0.717, 1.165) is 16.9 Å². The number of ether oxygens (including phenoxy) is 3. The monoisotopic (exact) mass is 409 g/mol. The van der Waals surface area contributed by atoms with Crippen molar-refractivity contribution in [1.82, 2.24) is 4.90 Å². The van der Waals surface area contributed by atoms with Crippen LogP contribution in [0.1, 0.15) is 29.2 Å². The predicted octanol–water partition coefficient (Wildman–Crippen LogP) is 4.75. The van der Waals surface area contributed by atoms with E-state index in [1.807, 2.05) is 37.1 Å². The lowest BCUT2D eigenvalue weighted by Gasteiger charge is -2.33. The van der Waals surface area contributed by atoms with Gasteiger partial charge in [-0.1, -0.05) is 17.7 Å². The van der Waals surface area contributed by atoms with E-state index in [1.165, 1.54) is 16.7 Å². The van der Waals surface area contributed by atoms with Gasteiger partial charge in [0.15, 0.2) is 11.5 Å². The Kier molecular flexibility index (Phi) is 6.55. The van der Waals surface area contributed by atoms with Crippen molar-refractivity contribution in [3.63, 3.8) is 0 Å². The predicted molar refractivity (Wildman–Crippen MR) is 122 cm³/mol. The third kappa shape index (κ3) is 4.37. The largest absolute Gasteiger partial charge is 0.493 e. The molecule has 1 unspecified atom stereocenters. The average Bonchev–Trinajstić information content (AvgIpc) is 2.72.